The molecule has 4 nitrogen and oxygen atoms in total. The molecule has 0 aromatic heterocycles. The van der Waals surface area contributed by atoms with E-state index in [1.165, 1.54) is 17.0 Å². The summed E-state index contributed by atoms with van der Waals surface area (Å²) in [6.45, 7) is 10.6. The minimum absolute atomic E-state index is 0. The van der Waals surface area contributed by atoms with E-state index < -0.39 is 24.3 Å². The molecule has 8 heteroatoms. The Balaban J connectivity index is 0.00000165. The number of aryl methyl sites for hydroxylation is 1. The first kappa shape index (κ1) is 31.5. The summed E-state index contributed by atoms with van der Waals surface area (Å²) in [6, 6.07) is 17.0. The molecular weight excluding hydrogens is 540 g/mol. The predicted octanol–water partition coefficient (Wildman–Crippen LogP) is 8.84. The molecule has 0 aliphatic carbocycles. The van der Waals surface area contributed by atoms with Gasteiger partial charge in [0.05, 0.1) is 17.9 Å². The summed E-state index contributed by atoms with van der Waals surface area (Å²) in [6.07, 6.45) is 1.22. The molecule has 3 aromatic carbocycles. The molecule has 5 rings (SSSR count). The number of nitrogens with zero attached hydrogens (tertiary/aromatic N) is 3. The first-order chi connectivity index (χ1) is 20.1. The molecule has 0 radical (unpaired) electrons. The second-order valence-corrected chi connectivity index (χ2v) is 11.0. The van der Waals surface area contributed by atoms with Gasteiger partial charge in [0.25, 0.3) is 0 Å². The van der Waals surface area contributed by atoms with Crippen molar-refractivity contribution in [3.8, 4) is 0 Å². The number of para-hydroxylation sites is 1. The van der Waals surface area contributed by atoms with Crippen molar-refractivity contribution in [2.24, 2.45) is 4.99 Å². The van der Waals surface area contributed by atoms with Crippen molar-refractivity contribution in [1.82, 2.24) is 4.90 Å². The molecule has 1 fully saturated rings. The van der Waals surface area contributed by atoms with Gasteiger partial charge < -0.3 is 10.2 Å². The Kier molecular flexibility index (Phi) is 10.3. The van der Waals surface area contributed by atoms with Gasteiger partial charge in [-0.25, -0.2) is 8.78 Å². The Morgan fingerprint density at radius 1 is 0.952 bits per heavy atom. The van der Waals surface area contributed by atoms with Gasteiger partial charge >= 0.3 is 6.55 Å². The summed E-state index contributed by atoms with van der Waals surface area (Å²) < 4.78 is 56.2. The molecule has 0 bridgehead atoms. The number of halogens is 4. The van der Waals surface area contributed by atoms with Crippen LogP contribution in [-0.4, -0.2) is 48.5 Å². The van der Waals surface area contributed by atoms with Crippen LogP contribution in [0.1, 0.15) is 77.1 Å². The number of fused-ring (bicyclic) bond motifs is 1. The number of hydrogen-bond acceptors (Lipinski definition) is 4. The van der Waals surface area contributed by atoms with E-state index in [1.807, 2.05) is 58.9 Å². The van der Waals surface area contributed by atoms with Gasteiger partial charge in [-0.05, 0) is 75.1 Å². The van der Waals surface area contributed by atoms with Crippen molar-refractivity contribution in [1.29, 1.82) is 0 Å². The number of aliphatic imine (C=N–C) groups is 1. The lowest BCUT2D eigenvalue weighted by atomic mass is 9.83. The number of nitrogens with one attached hydrogen (secondary N) is 1. The van der Waals surface area contributed by atoms with Gasteiger partial charge in [0.1, 0.15) is 11.6 Å². The molecule has 0 amide bonds. The average molecular weight is 585 g/mol. The first-order valence-corrected chi connectivity index (χ1v) is 14.9. The summed E-state index contributed by atoms with van der Waals surface area (Å²) in [5.41, 5.74) is 5.37. The quantitative estimate of drug-likeness (QED) is 0.222. The summed E-state index contributed by atoms with van der Waals surface area (Å²) in [5, 5.41) is 3.64. The van der Waals surface area contributed by atoms with Crippen molar-refractivity contribution >= 4 is 17.1 Å². The topological polar surface area (TPSA) is 30.9 Å². The van der Waals surface area contributed by atoms with Gasteiger partial charge in [0.15, 0.2) is 0 Å². The van der Waals surface area contributed by atoms with Crippen LogP contribution in [0.4, 0.5) is 28.9 Å². The second-order valence-electron chi connectivity index (χ2n) is 11.0. The molecule has 1 N–H and O–H groups in total. The lowest BCUT2D eigenvalue weighted by Gasteiger charge is -2.42. The summed E-state index contributed by atoms with van der Waals surface area (Å²) in [4.78, 5) is 8.11. The smallest absolute Gasteiger partial charge is 0.316 e. The molecule has 2 heterocycles. The van der Waals surface area contributed by atoms with Crippen molar-refractivity contribution in [2.75, 3.05) is 23.3 Å². The summed E-state index contributed by atoms with van der Waals surface area (Å²) in [5.74, 6) is -1.11. The Labute approximate surface area is 248 Å². The zero-order chi connectivity index (χ0) is 30.6. The third kappa shape index (κ3) is 6.80. The van der Waals surface area contributed by atoms with Crippen molar-refractivity contribution in [2.45, 2.75) is 85.1 Å². The Morgan fingerprint density at radius 2 is 1.60 bits per heavy atom. The molecule has 2 aliphatic rings. The maximum Gasteiger partial charge on any atom is 0.316 e. The number of piperidine rings is 1. The molecule has 2 aliphatic heterocycles. The van der Waals surface area contributed by atoms with Gasteiger partial charge in [-0.3, -0.25) is 9.89 Å². The Bertz CT molecular complexity index is 1370. The standard InChI is InChI=1S/C32H36F4N4.C2H6.H2/c1-19-7-5-6-8-30(19)40(32(35)36)22(4)39-13-11-26(12-14-39)38-27-9-10-28-29(18-27)20(2)21(3)37-31(28)23-15-24(33)17-25(34)16-23;1-2;/h5-10,15-18,20-22,26,32,38H,11-14H2,1-4H3;1-2H3;1H. The van der Waals surface area contributed by atoms with Crippen LogP contribution in [0, 0.1) is 18.6 Å². The van der Waals surface area contributed by atoms with Crippen molar-refractivity contribution in [3.63, 3.8) is 0 Å². The average Bonchev–Trinajstić information content (AvgIpc) is 2.97. The van der Waals surface area contributed by atoms with E-state index in [4.69, 9.17) is 4.99 Å². The number of benzene rings is 3. The monoisotopic (exact) mass is 584 g/mol. The van der Waals surface area contributed by atoms with Gasteiger partial charge in [-0.15, -0.1) is 0 Å². The number of likely N-dealkylation sites (tertiary alicyclic amines) is 1. The van der Waals surface area contributed by atoms with Gasteiger partial charge in [-0.2, -0.15) is 8.78 Å². The lowest BCUT2D eigenvalue weighted by molar-refractivity contribution is 0.0793. The maximum absolute atomic E-state index is 14.1. The molecule has 3 unspecified atom stereocenters. The van der Waals surface area contributed by atoms with Crippen LogP contribution in [-0.2, 0) is 0 Å². The molecule has 0 spiro atoms. The molecule has 228 valence electrons. The van der Waals surface area contributed by atoms with Crippen LogP contribution >= 0.6 is 0 Å². The molecule has 3 aromatic rings. The van der Waals surface area contributed by atoms with E-state index in [-0.39, 0.29) is 19.4 Å². The van der Waals surface area contributed by atoms with Crippen molar-refractivity contribution in [3.05, 3.63) is 94.6 Å². The van der Waals surface area contributed by atoms with Gasteiger partial charge in [0.2, 0.25) is 0 Å². The molecule has 42 heavy (non-hydrogen) atoms. The molecule has 0 saturated carbocycles. The van der Waals surface area contributed by atoms with Crippen molar-refractivity contribution < 1.29 is 19.0 Å². The van der Waals surface area contributed by atoms with Gasteiger partial charge in [0, 0.05) is 55.0 Å². The number of alkyl halides is 2. The Hall–Kier alpha value is -3.39. The van der Waals surface area contributed by atoms with Crippen LogP contribution < -0.4 is 10.2 Å². The van der Waals surface area contributed by atoms with Crippen LogP contribution in [0.5, 0.6) is 0 Å². The third-order valence-electron chi connectivity index (χ3n) is 8.42. The van der Waals surface area contributed by atoms with Crippen LogP contribution in [0.15, 0.2) is 65.7 Å². The van der Waals surface area contributed by atoms with Crippen LogP contribution in [0.3, 0.4) is 0 Å². The highest BCUT2D eigenvalue weighted by molar-refractivity contribution is 6.14. The summed E-state index contributed by atoms with van der Waals surface area (Å²) >= 11 is 0. The van der Waals surface area contributed by atoms with E-state index in [1.54, 1.807) is 12.1 Å². The van der Waals surface area contributed by atoms with Gasteiger partial charge in [-0.1, -0.05) is 45.0 Å². The zero-order valence-electron chi connectivity index (χ0n) is 25.3. The first-order valence-electron chi connectivity index (χ1n) is 14.9. The zero-order valence-corrected chi connectivity index (χ0v) is 25.3. The number of hydrogen-bond donors (Lipinski definition) is 1. The lowest BCUT2D eigenvalue weighted by Crippen LogP contribution is -2.53. The summed E-state index contributed by atoms with van der Waals surface area (Å²) in [7, 11) is 0. The molecule has 3 atom stereocenters. The fraction of sp³-hybridized carbons (Fsp3) is 0.441. The maximum atomic E-state index is 14.1. The van der Waals surface area contributed by atoms with Crippen LogP contribution in [0.25, 0.3) is 0 Å². The minimum Gasteiger partial charge on any atom is -0.382 e. The third-order valence-corrected chi connectivity index (χ3v) is 8.42. The van der Waals surface area contributed by atoms with E-state index in [0.29, 0.717) is 30.1 Å². The largest absolute Gasteiger partial charge is 0.382 e. The fourth-order valence-corrected chi connectivity index (χ4v) is 5.96. The highest BCUT2D eigenvalue weighted by Gasteiger charge is 2.32. The normalized spacial score (nSPS) is 19.8. The van der Waals surface area contributed by atoms with E-state index in [9.17, 15) is 17.6 Å². The fourth-order valence-electron chi connectivity index (χ4n) is 5.96. The number of rotatable bonds is 7. The predicted molar refractivity (Wildman–Crippen MR) is 167 cm³/mol. The molecular formula is C34H44F4N4. The van der Waals surface area contributed by atoms with E-state index in [0.717, 1.165) is 41.3 Å². The SMILES string of the molecule is CC.Cc1ccccc1N(C(F)F)C(C)N1CCC(Nc2ccc3c(c2)C(C)C(C)N=C3c2cc(F)cc(F)c2)CC1.[HH]. The second kappa shape index (κ2) is 13.7. The highest BCUT2D eigenvalue weighted by atomic mass is 19.3. The van der Waals surface area contributed by atoms with Crippen LogP contribution in [0.2, 0.25) is 0 Å². The highest BCUT2D eigenvalue weighted by Crippen LogP contribution is 2.35. The van der Waals surface area contributed by atoms with E-state index >= 15 is 0 Å². The minimum atomic E-state index is -2.59. The Morgan fingerprint density at radius 3 is 2.21 bits per heavy atom. The number of anilines is 2. The van der Waals surface area contributed by atoms with E-state index in [2.05, 4.69) is 23.2 Å². The molecule has 1 saturated heterocycles.